The predicted molar refractivity (Wildman–Crippen MR) is 102 cm³/mol. The Morgan fingerprint density at radius 3 is 2.81 bits per heavy atom. The zero-order valence-electron chi connectivity index (χ0n) is 16.6. The average molecular weight is 371 g/mol. The van der Waals surface area contributed by atoms with E-state index in [0.717, 1.165) is 42.0 Å². The lowest BCUT2D eigenvalue weighted by Crippen LogP contribution is -2.74. The molecular weight excluding hydrogens is 342 g/mol. The molecule has 5 heteroatoms. The number of likely N-dealkylation sites (tertiary alicyclic amines) is 1. The molecule has 146 valence electrons. The van der Waals surface area contributed by atoms with Crippen molar-refractivity contribution in [1.82, 2.24) is 4.90 Å². The smallest absolute Gasteiger partial charge is 0.168 e. The van der Waals surface area contributed by atoms with Crippen LogP contribution in [0.15, 0.2) is 24.0 Å². The monoisotopic (exact) mass is 371 g/mol. The number of aliphatic hydroxyl groups is 2. The first-order chi connectivity index (χ1) is 12.7. The Bertz CT molecular complexity index is 841. The van der Waals surface area contributed by atoms with Gasteiger partial charge in [-0.15, -0.1) is 0 Å². The number of benzene rings is 1. The standard InChI is InChI=1S/C22H29NO4/c1-20(2,3)27-15-7-8-22(25)16-11-13-5-6-14(12-24)18-17(13)21(22,19(15)26-18)9-10-23(16)4/h5-7,16,19,24-25H,8-12H2,1-4H3/t16-,19?,21?,22-/m1/s1. The molecule has 2 aliphatic heterocycles. The summed E-state index contributed by atoms with van der Waals surface area (Å²) in [6, 6.07) is 4.14. The molecule has 0 saturated carbocycles. The van der Waals surface area contributed by atoms with Gasteiger partial charge in [0.25, 0.3) is 0 Å². The van der Waals surface area contributed by atoms with Crippen LogP contribution in [0.1, 0.15) is 50.3 Å². The number of ether oxygens (including phenoxy) is 2. The highest BCUT2D eigenvalue weighted by molar-refractivity contribution is 5.62. The lowest BCUT2D eigenvalue weighted by molar-refractivity contribution is -0.169. The molecule has 2 unspecified atom stereocenters. The Morgan fingerprint density at radius 1 is 1.33 bits per heavy atom. The molecule has 5 rings (SSSR count). The first kappa shape index (κ1) is 17.5. The van der Waals surface area contributed by atoms with E-state index in [0.29, 0.717) is 6.42 Å². The molecule has 4 atom stereocenters. The second-order valence-electron chi connectivity index (χ2n) is 9.62. The quantitative estimate of drug-likeness (QED) is 0.835. The summed E-state index contributed by atoms with van der Waals surface area (Å²) in [7, 11) is 2.11. The molecular formula is C22H29NO4. The maximum absolute atomic E-state index is 12.1. The molecule has 0 radical (unpaired) electrons. The van der Waals surface area contributed by atoms with Gasteiger partial charge in [0.05, 0.1) is 17.6 Å². The van der Waals surface area contributed by atoms with Crippen LogP contribution in [0.25, 0.3) is 0 Å². The highest BCUT2D eigenvalue weighted by Crippen LogP contribution is 2.64. The fraction of sp³-hybridized carbons (Fsp3) is 0.636. The minimum Gasteiger partial charge on any atom is -0.489 e. The van der Waals surface area contributed by atoms with Gasteiger partial charge >= 0.3 is 0 Å². The number of nitrogens with zero attached hydrogens (tertiary/aromatic N) is 1. The number of hydrogen-bond donors (Lipinski definition) is 2. The summed E-state index contributed by atoms with van der Waals surface area (Å²) in [5.41, 5.74) is 1.43. The third-order valence-corrected chi connectivity index (χ3v) is 7.05. The number of piperidine rings is 1. The van der Waals surface area contributed by atoms with Crippen LogP contribution in [0.2, 0.25) is 0 Å². The fourth-order valence-electron chi connectivity index (χ4n) is 5.98. The van der Waals surface area contributed by atoms with Gasteiger partial charge in [0, 0.05) is 23.6 Å². The van der Waals surface area contributed by atoms with E-state index < -0.39 is 11.0 Å². The van der Waals surface area contributed by atoms with Crippen LogP contribution in [0, 0.1) is 0 Å². The summed E-state index contributed by atoms with van der Waals surface area (Å²) in [6.45, 7) is 6.97. The van der Waals surface area contributed by atoms with E-state index in [9.17, 15) is 10.2 Å². The first-order valence-electron chi connectivity index (χ1n) is 9.96. The van der Waals surface area contributed by atoms with Crippen molar-refractivity contribution in [1.29, 1.82) is 0 Å². The zero-order valence-corrected chi connectivity index (χ0v) is 16.6. The van der Waals surface area contributed by atoms with Gasteiger partial charge in [-0.25, -0.2) is 0 Å². The van der Waals surface area contributed by atoms with Gasteiger partial charge in [0.15, 0.2) is 6.10 Å². The maximum atomic E-state index is 12.1. The molecule has 4 aliphatic rings. The van der Waals surface area contributed by atoms with Gasteiger partial charge in [0.1, 0.15) is 17.1 Å². The SMILES string of the molecule is CN1CCC23c4c5ccc(CO)c4OC2C(OC(C)(C)C)=CC[C@@]3(O)[C@H]1C5. The Balaban J connectivity index is 1.76. The lowest BCUT2D eigenvalue weighted by atomic mass is 9.50. The molecule has 2 bridgehead atoms. The van der Waals surface area contributed by atoms with Crippen molar-refractivity contribution in [3.05, 3.63) is 40.7 Å². The van der Waals surface area contributed by atoms with Crippen molar-refractivity contribution in [2.24, 2.45) is 0 Å². The van der Waals surface area contributed by atoms with E-state index in [1.165, 1.54) is 5.56 Å². The van der Waals surface area contributed by atoms with E-state index in [2.05, 4.69) is 18.0 Å². The molecule has 1 spiro atoms. The van der Waals surface area contributed by atoms with E-state index in [4.69, 9.17) is 9.47 Å². The van der Waals surface area contributed by atoms with Gasteiger partial charge in [-0.05, 0) is 58.8 Å². The number of rotatable bonds is 2. The van der Waals surface area contributed by atoms with Crippen molar-refractivity contribution in [2.75, 3.05) is 13.6 Å². The lowest BCUT2D eigenvalue weighted by Gasteiger charge is -2.61. The minimum atomic E-state index is -0.887. The molecule has 1 aromatic carbocycles. The van der Waals surface area contributed by atoms with Crippen LogP contribution in [0.4, 0.5) is 0 Å². The van der Waals surface area contributed by atoms with E-state index >= 15 is 0 Å². The van der Waals surface area contributed by atoms with Gasteiger partial charge < -0.3 is 24.6 Å². The Hall–Kier alpha value is -1.56. The molecule has 0 amide bonds. The van der Waals surface area contributed by atoms with E-state index in [1.54, 1.807) is 0 Å². The Morgan fingerprint density at radius 2 is 2.11 bits per heavy atom. The molecule has 5 nitrogen and oxygen atoms in total. The number of likely N-dealkylation sites (N-methyl/N-ethyl adjacent to an activating group) is 1. The third kappa shape index (κ3) is 2.05. The van der Waals surface area contributed by atoms with E-state index in [-0.39, 0.29) is 24.4 Å². The fourth-order valence-corrected chi connectivity index (χ4v) is 5.98. The summed E-state index contributed by atoms with van der Waals surface area (Å²) >= 11 is 0. The first-order valence-corrected chi connectivity index (χ1v) is 9.96. The summed E-state index contributed by atoms with van der Waals surface area (Å²) in [5.74, 6) is 1.59. The molecule has 27 heavy (non-hydrogen) atoms. The molecule has 0 aromatic heterocycles. The van der Waals surface area contributed by atoms with Gasteiger partial charge in [0.2, 0.25) is 0 Å². The van der Waals surface area contributed by atoms with Crippen LogP contribution in [-0.2, 0) is 23.2 Å². The molecule has 1 aromatic rings. The second kappa shape index (κ2) is 5.28. The number of hydrogen-bond acceptors (Lipinski definition) is 5. The maximum Gasteiger partial charge on any atom is 0.168 e. The summed E-state index contributed by atoms with van der Waals surface area (Å²) in [5, 5.41) is 22.0. The van der Waals surface area contributed by atoms with Crippen LogP contribution in [-0.4, -0.2) is 52.1 Å². The van der Waals surface area contributed by atoms with E-state index in [1.807, 2.05) is 32.9 Å². The highest BCUT2D eigenvalue weighted by atomic mass is 16.6. The molecule has 2 aliphatic carbocycles. The third-order valence-electron chi connectivity index (χ3n) is 7.05. The molecule has 1 fully saturated rings. The van der Waals surface area contributed by atoms with Gasteiger partial charge in [-0.2, -0.15) is 0 Å². The van der Waals surface area contributed by atoms with Gasteiger partial charge in [-0.1, -0.05) is 12.1 Å². The molecule has 2 N–H and O–H groups in total. The van der Waals surface area contributed by atoms with Crippen molar-refractivity contribution in [3.63, 3.8) is 0 Å². The van der Waals surface area contributed by atoms with Crippen LogP contribution in [0.3, 0.4) is 0 Å². The zero-order chi connectivity index (χ0) is 19.2. The number of aliphatic hydroxyl groups excluding tert-OH is 1. The van der Waals surface area contributed by atoms with Crippen LogP contribution < -0.4 is 4.74 Å². The van der Waals surface area contributed by atoms with Crippen molar-refractivity contribution in [2.45, 2.75) is 75.4 Å². The van der Waals surface area contributed by atoms with Crippen LogP contribution in [0.5, 0.6) is 5.75 Å². The Labute approximate surface area is 160 Å². The molecule has 2 heterocycles. The van der Waals surface area contributed by atoms with Crippen molar-refractivity contribution in [3.8, 4) is 5.75 Å². The normalized spacial score (nSPS) is 36.7. The Kier molecular flexibility index (Phi) is 3.43. The summed E-state index contributed by atoms with van der Waals surface area (Å²) < 4.78 is 12.8. The predicted octanol–water partition coefficient (Wildman–Crippen LogP) is 2.27. The summed E-state index contributed by atoms with van der Waals surface area (Å²) in [4.78, 5) is 2.30. The highest BCUT2D eigenvalue weighted by Gasteiger charge is 2.71. The summed E-state index contributed by atoms with van der Waals surface area (Å²) in [6.07, 6.45) is 3.89. The topological polar surface area (TPSA) is 62.2 Å². The second-order valence-corrected chi connectivity index (χ2v) is 9.62. The largest absolute Gasteiger partial charge is 0.489 e. The van der Waals surface area contributed by atoms with Gasteiger partial charge in [-0.3, -0.25) is 0 Å². The van der Waals surface area contributed by atoms with Crippen molar-refractivity contribution < 1.29 is 19.7 Å². The minimum absolute atomic E-state index is 0.0585. The van der Waals surface area contributed by atoms with Crippen molar-refractivity contribution >= 4 is 0 Å². The molecule has 1 saturated heterocycles. The van der Waals surface area contributed by atoms with Crippen LogP contribution >= 0.6 is 0 Å². The average Bonchev–Trinajstić information content (AvgIpc) is 2.95.